The van der Waals surface area contributed by atoms with Crippen molar-refractivity contribution in [3.8, 4) is 27.1 Å². The standard InChI is InChI=1S/C27H29N3OS/c1-17(2)31-18(3)21-9-8-19(14-20(21)15-28)27-29-16-26(32-27)24-7-4-6-23-22(24)10-11-25(23)30-12-5-13-30/h4,6-9,14,16-18,25H,5,10-13H2,1-3H3. The molecule has 0 N–H and O–H groups in total. The molecule has 2 aliphatic rings. The number of hydrogen-bond donors (Lipinski definition) is 0. The zero-order chi connectivity index (χ0) is 22.2. The third-order valence-corrected chi connectivity index (χ3v) is 7.76. The van der Waals surface area contributed by atoms with E-state index in [4.69, 9.17) is 9.72 Å². The number of likely N-dealkylation sites (tertiary alicyclic amines) is 1. The Balaban J connectivity index is 1.44. The first-order chi connectivity index (χ1) is 15.5. The number of rotatable bonds is 6. The number of aromatic nitrogens is 1. The predicted octanol–water partition coefficient (Wildman–Crippen LogP) is 6.53. The molecule has 0 radical (unpaired) electrons. The summed E-state index contributed by atoms with van der Waals surface area (Å²) in [6.07, 6.45) is 5.69. The molecular formula is C27H29N3OS. The van der Waals surface area contributed by atoms with Crippen LogP contribution >= 0.6 is 11.3 Å². The fourth-order valence-electron chi connectivity index (χ4n) is 5.05. The maximum atomic E-state index is 9.73. The number of thiazole rings is 1. The van der Waals surface area contributed by atoms with Gasteiger partial charge in [-0.05, 0) is 81.4 Å². The highest BCUT2D eigenvalue weighted by molar-refractivity contribution is 7.18. The molecule has 5 rings (SSSR count). The van der Waals surface area contributed by atoms with Gasteiger partial charge in [0.05, 0.1) is 28.7 Å². The molecule has 3 aromatic rings. The molecule has 1 aliphatic carbocycles. The summed E-state index contributed by atoms with van der Waals surface area (Å²) >= 11 is 1.71. The Labute approximate surface area is 194 Å². The number of hydrogen-bond acceptors (Lipinski definition) is 5. The molecule has 5 heteroatoms. The Morgan fingerprint density at radius 3 is 2.75 bits per heavy atom. The molecule has 1 saturated heterocycles. The summed E-state index contributed by atoms with van der Waals surface area (Å²) in [7, 11) is 0. The van der Waals surface area contributed by atoms with Crippen molar-refractivity contribution in [3.63, 3.8) is 0 Å². The lowest BCUT2D eigenvalue weighted by Crippen LogP contribution is -2.39. The lowest BCUT2D eigenvalue weighted by molar-refractivity contribution is 0.0177. The summed E-state index contributed by atoms with van der Waals surface area (Å²) in [5.41, 5.74) is 6.90. The van der Waals surface area contributed by atoms with Crippen LogP contribution in [0.5, 0.6) is 0 Å². The summed E-state index contributed by atoms with van der Waals surface area (Å²) in [4.78, 5) is 8.56. The maximum absolute atomic E-state index is 9.73. The lowest BCUT2D eigenvalue weighted by Gasteiger charge is -2.37. The molecule has 2 heterocycles. The summed E-state index contributed by atoms with van der Waals surface area (Å²) in [5, 5.41) is 10.7. The first-order valence-electron chi connectivity index (χ1n) is 11.6. The molecule has 2 unspecified atom stereocenters. The van der Waals surface area contributed by atoms with Gasteiger partial charge in [-0.15, -0.1) is 11.3 Å². The third-order valence-electron chi connectivity index (χ3n) is 6.68. The van der Waals surface area contributed by atoms with Gasteiger partial charge in [-0.25, -0.2) is 4.98 Å². The van der Waals surface area contributed by atoms with E-state index in [2.05, 4.69) is 35.2 Å². The van der Waals surface area contributed by atoms with Gasteiger partial charge in [-0.1, -0.05) is 30.3 Å². The van der Waals surface area contributed by atoms with Crippen molar-refractivity contribution in [1.82, 2.24) is 9.88 Å². The van der Waals surface area contributed by atoms with Crippen molar-refractivity contribution < 1.29 is 4.74 Å². The molecule has 2 aromatic carbocycles. The molecule has 32 heavy (non-hydrogen) atoms. The quantitative estimate of drug-likeness (QED) is 0.435. The van der Waals surface area contributed by atoms with Gasteiger partial charge in [0, 0.05) is 17.8 Å². The minimum atomic E-state index is -0.114. The number of nitrogens with zero attached hydrogens (tertiary/aromatic N) is 3. The smallest absolute Gasteiger partial charge is 0.123 e. The van der Waals surface area contributed by atoms with Gasteiger partial charge in [0.2, 0.25) is 0 Å². The molecule has 1 aromatic heterocycles. The third kappa shape index (κ3) is 3.88. The number of ether oxygens (including phenoxy) is 1. The van der Waals surface area contributed by atoms with Gasteiger partial charge in [0.15, 0.2) is 0 Å². The maximum Gasteiger partial charge on any atom is 0.123 e. The number of benzene rings is 2. The van der Waals surface area contributed by atoms with E-state index in [0.717, 1.165) is 22.6 Å². The van der Waals surface area contributed by atoms with Crippen molar-refractivity contribution in [1.29, 1.82) is 5.26 Å². The average molecular weight is 444 g/mol. The normalized spacial score (nSPS) is 18.9. The Kier molecular flexibility index (Phi) is 5.86. The van der Waals surface area contributed by atoms with Crippen LogP contribution in [0.25, 0.3) is 21.0 Å². The van der Waals surface area contributed by atoms with E-state index in [-0.39, 0.29) is 12.2 Å². The van der Waals surface area contributed by atoms with Crippen molar-refractivity contribution >= 4 is 11.3 Å². The van der Waals surface area contributed by atoms with Gasteiger partial charge in [-0.2, -0.15) is 5.26 Å². The zero-order valence-corrected chi connectivity index (χ0v) is 19.8. The van der Waals surface area contributed by atoms with Crippen LogP contribution in [0.2, 0.25) is 0 Å². The topological polar surface area (TPSA) is 49.1 Å². The molecule has 0 saturated carbocycles. The van der Waals surface area contributed by atoms with Crippen LogP contribution < -0.4 is 0 Å². The fourth-order valence-corrected chi connectivity index (χ4v) is 6.01. The summed E-state index contributed by atoms with van der Waals surface area (Å²) in [5.74, 6) is 0. The minimum Gasteiger partial charge on any atom is -0.371 e. The van der Waals surface area contributed by atoms with Gasteiger partial charge in [0.25, 0.3) is 0 Å². The molecule has 164 valence electrons. The molecule has 0 spiro atoms. The Morgan fingerprint density at radius 2 is 2.03 bits per heavy atom. The van der Waals surface area contributed by atoms with Crippen molar-refractivity contribution in [2.45, 2.75) is 58.3 Å². The largest absolute Gasteiger partial charge is 0.371 e. The molecule has 2 atom stereocenters. The second kappa shape index (κ2) is 8.78. The number of fused-ring (bicyclic) bond motifs is 1. The second-order valence-electron chi connectivity index (χ2n) is 9.09. The highest BCUT2D eigenvalue weighted by Gasteiger charge is 2.32. The number of nitriles is 1. The summed E-state index contributed by atoms with van der Waals surface area (Å²) in [6.45, 7) is 8.50. The van der Waals surface area contributed by atoms with E-state index in [1.54, 1.807) is 11.3 Å². The zero-order valence-electron chi connectivity index (χ0n) is 19.0. The fraction of sp³-hybridized carbons (Fsp3) is 0.407. The molecule has 1 fully saturated rings. The Bertz CT molecular complexity index is 1170. The minimum absolute atomic E-state index is 0.114. The van der Waals surface area contributed by atoms with Crippen molar-refractivity contribution in [3.05, 3.63) is 64.8 Å². The summed E-state index contributed by atoms with van der Waals surface area (Å²) in [6, 6.07) is 15.7. The van der Waals surface area contributed by atoms with Gasteiger partial charge < -0.3 is 4.74 Å². The predicted molar refractivity (Wildman–Crippen MR) is 130 cm³/mol. The molecule has 0 bridgehead atoms. The van der Waals surface area contributed by atoms with Crippen molar-refractivity contribution in [2.75, 3.05) is 13.1 Å². The van der Waals surface area contributed by atoms with E-state index in [9.17, 15) is 5.26 Å². The Morgan fingerprint density at radius 1 is 1.19 bits per heavy atom. The van der Waals surface area contributed by atoms with Gasteiger partial charge >= 0.3 is 0 Å². The van der Waals surface area contributed by atoms with Crippen LogP contribution in [-0.2, 0) is 11.2 Å². The van der Waals surface area contributed by atoms with Crippen LogP contribution in [0.4, 0.5) is 0 Å². The van der Waals surface area contributed by atoms with E-state index in [1.165, 1.54) is 47.5 Å². The average Bonchev–Trinajstić information content (AvgIpc) is 3.39. The molecule has 4 nitrogen and oxygen atoms in total. The molecule has 0 amide bonds. The Hall–Kier alpha value is -2.52. The highest BCUT2D eigenvalue weighted by atomic mass is 32.1. The highest BCUT2D eigenvalue weighted by Crippen LogP contribution is 2.44. The van der Waals surface area contributed by atoms with Crippen LogP contribution in [0.3, 0.4) is 0 Å². The van der Waals surface area contributed by atoms with E-state index in [1.807, 2.05) is 39.1 Å². The summed E-state index contributed by atoms with van der Waals surface area (Å²) < 4.78 is 5.90. The first-order valence-corrected chi connectivity index (χ1v) is 12.4. The van der Waals surface area contributed by atoms with Crippen LogP contribution in [0.15, 0.2) is 42.6 Å². The van der Waals surface area contributed by atoms with Crippen LogP contribution in [0, 0.1) is 11.3 Å². The molecular weight excluding hydrogens is 414 g/mol. The second-order valence-corrected chi connectivity index (χ2v) is 10.1. The van der Waals surface area contributed by atoms with E-state index < -0.39 is 0 Å². The monoisotopic (exact) mass is 443 g/mol. The van der Waals surface area contributed by atoms with Crippen LogP contribution in [-0.4, -0.2) is 29.1 Å². The van der Waals surface area contributed by atoms with E-state index in [0.29, 0.717) is 11.6 Å². The van der Waals surface area contributed by atoms with E-state index >= 15 is 0 Å². The lowest BCUT2D eigenvalue weighted by atomic mass is 9.99. The first kappa shape index (κ1) is 21.3. The molecule has 1 aliphatic heterocycles. The van der Waals surface area contributed by atoms with Gasteiger partial charge in [-0.3, -0.25) is 4.90 Å². The van der Waals surface area contributed by atoms with Crippen LogP contribution in [0.1, 0.15) is 68.0 Å². The SMILES string of the molecule is CC(C)OC(C)c1ccc(-c2ncc(-c3cccc4c3CCC4N3CCC3)s2)cc1C#N. The van der Waals surface area contributed by atoms with Gasteiger partial charge in [0.1, 0.15) is 5.01 Å². The van der Waals surface area contributed by atoms with Crippen molar-refractivity contribution in [2.24, 2.45) is 0 Å².